The molecule has 168 valence electrons. The van der Waals surface area contributed by atoms with Gasteiger partial charge in [-0.1, -0.05) is 4.49 Å². The lowest BCUT2D eigenvalue weighted by atomic mass is 9.77. The minimum Gasteiger partial charge on any atom is -0.475 e. The molecular weight excluding hydrogens is 425 g/mol. The van der Waals surface area contributed by atoms with Gasteiger partial charge in [-0.3, -0.25) is 4.79 Å². The minimum atomic E-state index is -5.08. The Kier molecular flexibility index (Phi) is 6.98. The molecule has 0 unspecified atom stereocenters. The van der Waals surface area contributed by atoms with Crippen molar-refractivity contribution in [3.05, 3.63) is 11.1 Å². The zero-order chi connectivity index (χ0) is 21.9. The van der Waals surface area contributed by atoms with E-state index in [1.165, 1.54) is 24.4 Å². The van der Waals surface area contributed by atoms with Crippen molar-refractivity contribution in [2.75, 3.05) is 46.4 Å². The highest BCUT2D eigenvalue weighted by atomic mass is 32.1. The third-order valence-electron chi connectivity index (χ3n) is 5.85. The molecule has 1 amide bonds. The van der Waals surface area contributed by atoms with Gasteiger partial charge < -0.3 is 19.6 Å². The number of rotatable bonds is 5. The van der Waals surface area contributed by atoms with Gasteiger partial charge in [0.25, 0.3) is 5.91 Å². The van der Waals surface area contributed by atoms with Crippen LogP contribution in [0.4, 0.5) is 13.2 Å². The van der Waals surface area contributed by atoms with Crippen LogP contribution in [0, 0.1) is 17.3 Å². The number of carboxylic acid groups (broad SMARTS) is 1. The molecule has 2 atom stereocenters. The summed E-state index contributed by atoms with van der Waals surface area (Å²) in [5, 5.41) is 12.8. The molecule has 3 heterocycles. The third-order valence-corrected chi connectivity index (χ3v) is 6.35. The lowest BCUT2D eigenvalue weighted by Crippen LogP contribution is -2.38. The molecule has 0 bridgehead atoms. The Morgan fingerprint density at radius 2 is 2.03 bits per heavy atom. The van der Waals surface area contributed by atoms with Gasteiger partial charge in [-0.15, -0.1) is 5.10 Å². The maximum absolute atomic E-state index is 12.5. The number of alkyl halides is 3. The van der Waals surface area contributed by atoms with E-state index in [4.69, 9.17) is 14.6 Å². The van der Waals surface area contributed by atoms with Gasteiger partial charge in [-0.2, -0.15) is 13.2 Å². The summed E-state index contributed by atoms with van der Waals surface area (Å²) in [6.07, 6.45) is -1.35. The number of carboxylic acids is 1. The van der Waals surface area contributed by atoms with E-state index in [2.05, 4.69) is 21.5 Å². The molecule has 1 aliphatic carbocycles. The monoisotopic (exact) mass is 450 g/mol. The standard InChI is InChI=1S/C16H24N4O2S.C2HF3O2/c1-19-6-13(8-22-7-12-2-3-12)16(10-19)4-5-20(11-16)15(21)14-9-23-18-17-14;3-2(4,5)1(6)7/h9,12-13H,2-8,10-11H2,1H3;(H,6,7)/t13-,16+;/m0./s1. The van der Waals surface area contributed by atoms with E-state index < -0.39 is 12.1 Å². The minimum absolute atomic E-state index is 0.0304. The zero-order valence-corrected chi connectivity index (χ0v) is 17.4. The fourth-order valence-corrected chi connectivity index (χ4v) is 4.57. The van der Waals surface area contributed by atoms with E-state index in [0.717, 1.165) is 51.7 Å². The molecular formula is C18H25F3N4O4S. The van der Waals surface area contributed by atoms with E-state index in [1.54, 1.807) is 5.38 Å². The van der Waals surface area contributed by atoms with E-state index in [-0.39, 0.29) is 11.3 Å². The number of likely N-dealkylation sites (tertiary alicyclic amines) is 2. The smallest absolute Gasteiger partial charge is 0.475 e. The van der Waals surface area contributed by atoms with Crippen molar-refractivity contribution in [2.45, 2.75) is 25.4 Å². The first-order valence-electron chi connectivity index (χ1n) is 9.73. The summed E-state index contributed by atoms with van der Waals surface area (Å²) in [7, 11) is 2.18. The summed E-state index contributed by atoms with van der Waals surface area (Å²) in [5.41, 5.74) is 0.678. The third kappa shape index (κ3) is 5.67. The fourth-order valence-electron chi connectivity index (χ4n) is 4.14. The molecule has 2 aliphatic heterocycles. The highest BCUT2D eigenvalue weighted by Crippen LogP contribution is 2.44. The number of carbonyl (C=O) groups is 2. The summed E-state index contributed by atoms with van der Waals surface area (Å²) < 4.78 is 41.5. The number of aliphatic carboxylic acids is 1. The molecule has 1 aromatic rings. The van der Waals surface area contributed by atoms with Crippen LogP contribution in [-0.2, 0) is 9.53 Å². The Bertz CT molecular complexity index is 744. The highest BCUT2D eigenvalue weighted by Gasteiger charge is 2.50. The van der Waals surface area contributed by atoms with Crippen LogP contribution in [0.15, 0.2) is 5.38 Å². The molecule has 30 heavy (non-hydrogen) atoms. The number of hydrogen-bond donors (Lipinski definition) is 1. The van der Waals surface area contributed by atoms with Crippen molar-refractivity contribution in [3.8, 4) is 0 Å². The molecule has 8 nitrogen and oxygen atoms in total. The predicted molar refractivity (Wildman–Crippen MR) is 101 cm³/mol. The normalized spacial score (nSPS) is 26.7. The molecule has 0 radical (unpaired) electrons. The van der Waals surface area contributed by atoms with Crippen LogP contribution in [0.2, 0.25) is 0 Å². The van der Waals surface area contributed by atoms with Gasteiger partial charge >= 0.3 is 12.1 Å². The summed E-state index contributed by atoms with van der Waals surface area (Å²) in [6, 6.07) is 0. The van der Waals surface area contributed by atoms with Gasteiger partial charge in [0.05, 0.1) is 6.61 Å². The van der Waals surface area contributed by atoms with Crippen molar-refractivity contribution in [3.63, 3.8) is 0 Å². The SMILES string of the molecule is CN1C[C@@H](COCC2CC2)[C@]2(CCN(C(=O)c3csnn3)C2)C1.O=C(O)C(F)(F)F. The van der Waals surface area contributed by atoms with Crippen molar-refractivity contribution < 1.29 is 32.6 Å². The Hall–Kier alpha value is -1.79. The van der Waals surface area contributed by atoms with E-state index in [1.807, 2.05) is 4.90 Å². The van der Waals surface area contributed by atoms with Crippen LogP contribution >= 0.6 is 11.5 Å². The first kappa shape index (κ1) is 22.9. The van der Waals surface area contributed by atoms with Crippen LogP contribution in [-0.4, -0.2) is 89.0 Å². The number of amides is 1. The number of halogens is 3. The number of ether oxygens (including phenoxy) is 1. The molecule has 1 saturated carbocycles. The van der Waals surface area contributed by atoms with Gasteiger partial charge in [0.15, 0.2) is 5.69 Å². The van der Waals surface area contributed by atoms with E-state index in [9.17, 15) is 18.0 Å². The first-order chi connectivity index (χ1) is 14.1. The Balaban J connectivity index is 0.000000318. The van der Waals surface area contributed by atoms with Crippen LogP contribution in [0.5, 0.6) is 0 Å². The van der Waals surface area contributed by atoms with Crippen LogP contribution in [0.3, 0.4) is 0 Å². The maximum atomic E-state index is 12.5. The van der Waals surface area contributed by atoms with Crippen molar-refractivity contribution in [1.82, 2.24) is 19.4 Å². The lowest BCUT2D eigenvalue weighted by Gasteiger charge is -2.30. The van der Waals surface area contributed by atoms with Crippen LogP contribution < -0.4 is 0 Å². The molecule has 12 heteroatoms. The van der Waals surface area contributed by atoms with E-state index >= 15 is 0 Å². The summed E-state index contributed by atoms with van der Waals surface area (Å²) >= 11 is 1.23. The van der Waals surface area contributed by atoms with Crippen molar-refractivity contribution in [1.29, 1.82) is 0 Å². The van der Waals surface area contributed by atoms with Gasteiger partial charge in [0.1, 0.15) is 0 Å². The molecule has 3 aliphatic rings. The van der Waals surface area contributed by atoms with Crippen LogP contribution in [0.25, 0.3) is 0 Å². The van der Waals surface area contributed by atoms with Crippen LogP contribution in [0.1, 0.15) is 29.8 Å². The van der Waals surface area contributed by atoms with Crippen molar-refractivity contribution in [2.24, 2.45) is 17.3 Å². The Labute approximate surface area is 176 Å². The Morgan fingerprint density at radius 3 is 2.60 bits per heavy atom. The molecule has 1 N–H and O–H groups in total. The number of nitrogens with zero attached hydrogens (tertiary/aromatic N) is 4. The average Bonchev–Trinajstić information content (AvgIpc) is 3.08. The van der Waals surface area contributed by atoms with Gasteiger partial charge in [0.2, 0.25) is 0 Å². The zero-order valence-electron chi connectivity index (χ0n) is 16.6. The second-order valence-electron chi connectivity index (χ2n) is 8.31. The topological polar surface area (TPSA) is 95.9 Å². The predicted octanol–water partition coefficient (Wildman–Crippen LogP) is 1.99. The molecule has 1 aromatic heterocycles. The number of aromatic nitrogens is 2. The number of hydrogen-bond acceptors (Lipinski definition) is 7. The molecule has 1 spiro atoms. The van der Waals surface area contributed by atoms with Gasteiger partial charge in [-0.05, 0) is 43.8 Å². The average molecular weight is 450 g/mol. The lowest BCUT2D eigenvalue weighted by molar-refractivity contribution is -0.192. The van der Waals surface area contributed by atoms with Gasteiger partial charge in [0, 0.05) is 49.5 Å². The molecule has 3 fully saturated rings. The largest absolute Gasteiger partial charge is 0.490 e. The Morgan fingerprint density at radius 1 is 1.33 bits per heavy atom. The fraction of sp³-hybridized carbons (Fsp3) is 0.778. The maximum Gasteiger partial charge on any atom is 0.490 e. The van der Waals surface area contributed by atoms with E-state index in [0.29, 0.717) is 11.6 Å². The second-order valence-corrected chi connectivity index (χ2v) is 8.92. The van der Waals surface area contributed by atoms with Crippen molar-refractivity contribution >= 4 is 23.4 Å². The number of carbonyl (C=O) groups excluding carboxylic acids is 1. The highest BCUT2D eigenvalue weighted by molar-refractivity contribution is 7.03. The van der Waals surface area contributed by atoms with Gasteiger partial charge in [-0.25, -0.2) is 4.79 Å². The quantitative estimate of drug-likeness (QED) is 0.733. The molecule has 2 saturated heterocycles. The summed E-state index contributed by atoms with van der Waals surface area (Å²) in [4.78, 5) is 25.8. The summed E-state index contributed by atoms with van der Waals surface area (Å²) in [6.45, 7) is 5.54. The second kappa shape index (κ2) is 9.15. The first-order valence-corrected chi connectivity index (χ1v) is 10.6. The molecule has 0 aromatic carbocycles. The summed E-state index contributed by atoms with van der Waals surface area (Å²) in [5.74, 6) is -1.39. The molecule has 4 rings (SSSR count).